The van der Waals surface area contributed by atoms with Crippen LogP contribution >= 0.6 is 0 Å². The fourth-order valence-electron chi connectivity index (χ4n) is 2.57. The first-order valence-electron chi connectivity index (χ1n) is 6.71. The molecule has 19 heavy (non-hydrogen) atoms. The largest absolute Gasteiger partial charge is 0.393 e. The van der Waals surface area contributed by atoms with Crippen molar-refractivity contribution in [2.75, 3.05) is 5.32 Å². The zero-order valence-electron chi connectivity index (χ0n) is 10.7. The molecule has 100 valence electrons. The zero-order chi connectivity index (χ0) is 13.1. The van der Waals surface area contributed by atoms with Crippen LogP contribution in [0.4, 0.5) is 5.69 Å². The highest BCUT2D eigenvalue weighted by Crippen LogP contribution is 2.25. The quantitative estimate of drug-likeness (QED) is 0.883. The average molecular weight is 258 g/mol. The normalized spacial score (nSPS) is 23.2. The van der Waals surface area contributed by atoms with Crippen LogP contribution in [0.2, 0.25) is 0 Å². The number of nitrogens with one attached hydrogen (secondary N) is 1. The topological polar surface area (TPSA) is 63.0 Å². The number of rotatable bonds is 3. The van der Waals surface area contributed by atoms with Crippen molar-refractivity contribution in [3.05, 3.63) is 36.9 Å². The Labute approximate surface area is 112 Å². The first-order chi connectivity index (χ1) is 9.33. The number of hydrogen-bond acceptors (Lipinski definition) is 4. The molecule has 1 fully saturated rings. The minimum atomic E-state index is -0.122. The molecule has 0 atom stereocenters. The van der Waals surface area contributed by atoms with Crippen LogP contribution in [0.5, 0.6) is 0 Å². The second kappa shape index (κ2) is 5.40. The SMILES string of the molecule is OC1CCC(Nc2ccccc2-n2cncn2)CC1. The van der Waals surface area contributed by atoms with Crippen LogP contribution < -0.4 is 5.32 Å². The third-order valence-electron chi connectivity index (χ3n) is 3.63. The van der Waals surface area contributed by atoms with E-state index in [-0.39, 0.29) is 6.10 Å². The predicted molar refractivity (Wildman–Crippen MR) is 73.2 cm³/mol. The molecule has 2 aromatic rings. The molecule has 1 aliphatic carbocycles. The number of benzene rings is 1. The van der Waals surface area contributed by atoms with E-state index in [2.05, 4.69) is 21.5 Å². The van der Waals surface area contributed by atoms with Crippen LogP contribution in [0.1, 0.15) is 25.7 Å². The molecule has 0 saturated heterocycles. The van der Waals surface area contributed by atoms with Gasteiger partial charge in [-0.05, 0) is 37.8 Å². The molecule has 0 radical (unpaired) electrons. The van der Waals surface area contributed by atoms with Crippen LogP contribution in [0, 0.1) is 0 Å². The molecule has 1 heterocycles. The van der Waals surface area contributed by atoms with Gasteiger partial charge in [-0.3, -0.25) is 0 Å². The molecule has 1 aromatic heterocycles. The Kier molecular flexibility index (Phi) is 3.46. The molecular formula is C14H18N4O. The summed E-state index contributed by atoms with van der Waals surface area (Å²) in [5.41, 5.74) is 2.07. The first kappa shape index (κ1) is 12.2. The van der Waals surface area contributed by atoms with Crippen LogP contribution in [0.15, 0.2) is 36.9 Å². The van der Waals surface area contributed by atoms with E-state index in [4.69, 9.17) is 0 Å². The van der Waals surface area contributed by atoms with E-state index >= 15 is 0 Å². The first-order valence-corrected chi connectivity index (χ1v) is 6.71. The van der Waals surface area contributed by atoms with E-state index in [1.807, 2.05) is 18.2 Å². The van der Waals surface area contributed by atoms with Gasteiger partial charge in [0.1, 0.15) is 12.7 Å². The smallest absolute Gasteiger partial charge is 0.138 e. The molecule has 5 nitrogen and oxygen atoms in total. The maximum atomic E-state index is 9.55. The number of anilines is 1. The summed E-state index contributed by atoms with van der Waals surface area (Å²) < 4.78 is 1.76. The maximum Gasteiger partial charge on any atom is 0.138 e. The molecule has 2 N–H and O–H groups in total. The van der Waals surface area contributed by atoms with E-state index < -0.39 is 0 Å². The molecule has 0 amide bonds. The molecule has 5 heteroatoms. The van der Waals surface area contributed by atoms with Crippen molar-refractivity contribution >= 4 is 5.69 Å². The van der Waals surface area contributed by atoms with Crippen molar-refractivity contribution in [1.82, 2.24) is 14.8 Å². The van der Waals surface area contributed by atoms with Gasteiger partial charge in [-0.25, -0.2) is 9.67 Å². The maximum absolute atomic E-state index is 9.55. The lowest BCUT2D eigenvalue weighted by molar-refractivity contribution is 0.126. The van der Waals surface area contributed by atoms with Crippen LogP contribution in [0.3, 0.4) is 0 Å². The van der Waals surface area contributed by atoms with E-state index in [9.17, 15) is 5.11 Å². The highest BCUT2D eigenvalue weighted by molar-refractivity contribution is 5.60. The van der Waals surface area contributed by atoms with Gasteiger partial charge >= 0.3 is 0 Å². The van der Waals surface area contributed by atoms with Gasteiger partial charge in [-0.15, -0.1) is 0 Å². The van der Waals surface area contributed by atoms with Crippen LogP contribution in [0.25, 0.3) is 5.69 Å². The lowest BCUT2D eigenvalue weighted by atomic mass is 9.93. The van der Waals surface area contributed by atoms with Crippen molar-refractivity contribution in [1.29, 1.82) is 0 Å². The van der Waals surface area contributed by atoms with Crippen LogP contribution in [-0.4, -0.2) is 32.0 Å². The number of nitrogens with zero attached hydrogens (tertiary/aromatic N) is 3. The molecular weight excluding hydrogens is 240 g/mol. The number of para-hydroxylation sites is 2. The second-order valence-corrected chi connectivity index (χ2v) is 5.01. The molecule has 0 bridgehead atoms. The van der Waals surface area contributed by atoms with E-state index in [1.165, 1.54) is 6.33 Å². The van der Waals surface area contributed by atoms with Gasteiger partial charge in [0.2, 0.25) is 0 Å². The number of aliphatic hydroxyl groups excluding tert-OH is 1. The summed E-state index contributed by atoms with van der Waals surface area (Å²) >= 11 is 0. The molecule has 3 rings (SSSR count). The van der Waals surface area contributed by atoms with Gasteiger partial charge in [0.25, 0.3) is 0 Å². The monoisotopic (exact) mass is 258 g/mol. The summed E-state index contributed by atoms with van der Waals surface area (Å²) in [5, 5.41) is 17.3. The van der Waals surface area contributed by atoms with Gasteiger partial charge < -0.3 is 10.4 Å². The van der Waals surface area contributed by atoms with E-state index in [0.29, 0.717) is 6.04 Å². The van der Waals surface area contributed by atoms with Crippen molar-refractivity contribution in [2.45, 2.75) is 37.8 Å². The fourth-order valence-corrected chi connectivity index (χ4v) is 2.57. The Morgan fingerprint density at radius 3 is 2.68 bits per heavy atom. The number of aliphatic hydroxyl groups is 1. The van der Waals surface area contributed by atoms with Crippen molar-refractivity contribution in [3.8, 4) is 5.69 Å². The van der Waals surface area contributed by atoms with Gasteiger partial charge in [-0.1, -0.05) is 12.1 Å². The van der Waals surface area contributed by atoms with Gasteiger partial charge in [-0.2, -0.15) is 5.10 Å². The minimum Gasteiger partial charge on any atom is -0.393 e. The molecule has 0 spiro atoms. The summed E-state index contributed by atoms with van der Waals surface area (Å²) in [6, 6.07) is 8.51. The Morgan fingerprint density at radius 1 is 1.16 bits per heavy atom. The molecule has 1 saturated carbocycles. The molecule has 1 aliphatic rings. The van der Waals surface area contributed by atoms with Gasteiger partial charge in [0, 0.05) is 6.04 Å². The highest BCUT2D eigenvalue weighted by Gasteiger charge is 2.19. The second-order valence-electron chi connectivity index (χ2n) is 5.01. The van der Waals surface area contributed by atoms with E-state index in [1.54, 1.807) is 11.0 Å². The Morgan fingerprint density at radius 2 is 1.95 bits per heavy atom. The minimum absolute atomic E-state index is 0.122. The van der Waals surface area contributed by atoms with Gasteiger partial charge in [0.15, 0.2) is 0 Å². The summed E-state index contributed by atoms with van der Waals surface area (Å²) in [6.45, 7) is 0. The van der Waals surface area contributed by atoms with Gasteiger partial charge in [0.05, 0.1) is 17.5 Å². The number of hydrogen-bond donors (Lipinski definition) is 2. The standard InChI is InChI=1S/C14H18N4O/c19-12-7-5-11(6-8-12)17-13-3-1-2-4-14(13)18-10-15-9-16-18/h1-4,9-12,17,19H,5-8H2. The summed E-state index contributed by atoms with van der Waals surface area (Å²) in [4.78, 5) is 3.99. The summed E-state index contributed by atoms with van der Waals surface area (Å²) in [5.74, 6) is 0. The van der Waals surface area contributed by atoms with E-state index in [0.717, 1.165) is 37.1 Å². The third-order valence-corrected chi connectivity index (χ3v) is 3.63. The van der Waals surface area contributed by atoms with Crippen LogP contribution in [-0.2, 0) is 0 Å². The Balaban J connectivity index is 1.78. The Hall–Kier alpha value is -1.88. The summed E-state index contributed by atoms with van der Waals surface area (Å²) in [7, 11) is 0. The lowest BCUT2D eigenvalue weighted by Crippen LogP contribution is -2.28. The summed E-state index contributed by atoms with van der Waals surface area (Å²) in [6.07, 6.45) is 6.88. The molecule has 0 aliphatic heterocycles. The Bertz CT molecular complexity index is 518. The van der Waals surface area contributed by atoms with Crippen molar-refractivity contribution in [3.63, 3.8) is 0 Å². The highest BCUT2D eigenvalue weighted by atomic mass is 16.3. The average Bonchev–Trinajstić information content (AvgIpc) is 2.96. The van der Waals surface area contributed by atoms with Crippen molar-refractivity contribution in [2.24, 2.45) is 0 Å². The lowest BCUT2D eigenvalue weighted by Gasteiger charge is -2.27. The molecule has 1 aromatic carbocycles. The zero-order valence-corrected chi connectivity index (χ0v) is 10.7. The molecule has 0 unspecified atom stereocenters. The fraction of sp³-hybridized carbons (Fsp3) is 0.429. The third kappa shape index (κ3) is 2.76. The number of aromatic nitrogens is 3. The van der Waals surface area contributed by atoms with Crippen molar-refractivity contribution < 1.29 is 5.11 Å². The predicted octanol–water partition coefficient (Wildman–Crippen LogP) is 1.98.